The van der Waals surface area contributed by atoms with Gasteiger partial charge in [-0.1, -0.05) is 49.4 Å². The Bertz CT molecular complexity index is 1020. The maximum atomic E-state index is 11.9. The molecule has 0 aromatic heterocycles. The molecule has 1 fully saturated rings. The number of aliphatic hydroxyl groups is 3. The van der Waals surface area contributed by atoms with Crippen molar-refractivity contribution in [2.75, 3.05) is 39.5 Å². The minimum Gasteiger partial charge on any atom is -0.387 e. The van der Waals surface area contributed by atoms with Gasteiger partial charge in [0.15, 0.2) is 0 Å². The SMILES string of the molecule is CCN(C)CCNC(=O)CCOCc1ccc(Cc2cc([C@@H]3O[C@H](SC)[C@@H](O)[C@H](O)[C@H]3O)ccc2C)cc1. The predicted octanol–water partition coefficient (Wildman–Crippen LogP) is 2.40. The molecular weight excluding hydrogens is 504 g/mol. The van der Waals surface area contributed by atoms with Gasteiger partial charge in [-0.25, -0.2) is 0 Å². The molecule has 0 saturated carbocycles. The fourth-order valence-corrected chi connectivity index (χ4v) is 5.01. The fourth-order valence-electron chi connectivity index (χ4n) is 4.34. The second-order valence-electron chi connectivity index (χ2n) is 9.86. The third-order valence-electron chi connectivity index (χ3n) is 7.02. The van der Waals surface area contributed by atoms with Gasteiger partial charge in [-0.05, 0) is 61.0 Å². The van der Waals surface area contributed by atoms with Crippen LogP contribution < -0.4 is 5.32 Å². The van der Waals surface area contributed by atoms with E-state index >= 15 is 0 Å². The Morgan fingerprint density at radius 2 is 1.79 bits per heavy atom. The van der Waals surface area contributed by atoms with Crippen molar-refractivity contribution in [3.63, 3.8) is 0 Å². The first-order chi connectivity index (χ1) is 18.2. The number of nitrogens with zero attached hydrogens (tertiary/aromatic N) is 1. The molecule has 1 heterocycles. The van der Waals surface area contributed by atoms with Crippen LogP contribution in [0.1, 0.15) is 47.3 Å². The van der Waals surface area contributed by atoms with E-state index in [0.29, 0.717) is 32.6 Å². The second-order valence-corrected chi connectivity index (χ2v) is 10.8. The molecule has 5 atom stereocenters. The third-order valence-corrected chi connectivity index (χ3v) is 7.87. The Kier molecular flexibility index (Phi) is 12.0. The highest BCUT2D eigenvalue weighted by atomic mass is 32.2. The lowest BCUT2D eigenvalue weighted by molar-refractivity contribution is -0.200. The van der Waals surface area contributed by atoms with Crippen molar-refractivity contribution in [1.82, 2.24) is 10.2 Å². The van der Waals surface area contributed by atoms with E-state index in [1.54, 1.807) is 6.26 Å². The zero-order valence-corrected chi connectivity index (χ0v) is 23.6. The van der Waals surface area contributed by atoms with Crippen molar-refractivity contribution in [2.24, 2.45) is 0 Å². The molecule has 4 N–H and O–H groups in total. The molecule has 0 unspecified atom stereocenters. The number of rotatable bonds is 13. The van der Waals surface area contributed by atoms with Gasteiger partial charge in [0.1, 0.15) is 29.9 Å². The zero-order valence-electron chi connectivity index (χ0n) is 22.8. The number of ether oxygens (including phenoxy) is 2. The number of hydrogen-bond donors (Lipinski definition) is 4. The summed E-state index contributed by atoms with van der Waals surface area (Å²) in [6.45, 7) is 7.39. The topological polar surface area (TPSA) is 111 Å². The lowest BCUT2D eigenvalue weighted by Crippen LogP contribution is -2.52. The van der Waals surface area contributed by atoms with E-state index in [9.17, 15) is 20.1 Å². The smallest absolute Gasteiger partial charge is 0.222 e. The van der Waals surface area contributed by atoms with Crippen molar-refractivity contribution in [1.29, 1.82) is 0 Å². The number of thioether (sulfide) groups is 1. The summed E-state index contributed by atoms with van der Waals surface area (Å²) in [5.41, 5.74) is 4.55. The zero-order chi connectivity index (χ0) is 27.7. The molecule has 210 valence electrons. The van der Waals surface area contributed by atoms with E-state index in [2.05, 4.69) is 29.3 Å². The molecule has 0 aliphatic carbocycles. The molecule has 1 amide bonds. The van der Waals surface area contributed by atoms with Gasteiger partial charge in [-0.15, -0.1) is 11.8 Å². The van der Waals surface area contributed by atoms with Gasteiger partial charge in [0.05, 0.1) is 13.2 Å². The third kappa shape index (κ3) is 8.51. The number of hydrogen-bond acceptors (Lipinski definition) is 8. The molecule has 1 aliphatic rings. The molecule has 9 heteroatoms. The molecule has 0 radical (unpaired) electrons. The Morgan fingerprint density at radius 3 is 2.47 bits per heavy atom. The average molecular weight is 547 g/mol. The van der Waals surface area contributed by atoms with Gasteiger partial charge in [0.25, 0.3) is 0 Å². The second kappa shape index (κ2) is 15.0. The van der Waals surface area contributed by atoms with E-state index < -0.39 is 29.9 Å². The molecule has 8 nitrogen and oxygen atoms in total. The van der Waals surface area contributed by atoms with Gasteiger partial charge >= 0.3 is 0 Å². The van der Waals surface area contributed by atoms with Crippen molar-refractivity contribution in [2.45, 2.75) is 63.1 Å². The van der Waals surface area contributed by atoms with Crippen molar-refractivity contribution in [3.05, 3.63) is 70.3 Å². The Labute approximate surface area is 230 Å². The van der Waals surface area contributed by atoms with Crippen LogP contribution in [0.3, 0.4) is 0 Å². The highest BCUT2D eigenvalue weighted by Crippen LogP contribution is 2.36. The van der Waals surface area contributed by atoms with Crippen LogP contribution in [0.5, 0.6) is 0 Å². The van der Waals surface area contributed by atoms with Crippen LogP contribution in [0.2, 0.25) is 0 Å². The van der Waals surface area contributed by atoms with Crippen LogP contribution in [0.15, 0.2) is 42.5 Å². The van der Waals surface area contributed by atoms with Gasteiger partial charge in [-0.2, -0.15) is 0 Å². The van der Waals surface area contributed by atoms with Crippen LogP contribution in [0.4, 0.5) is 0 Å². The van der Waals surface area contributed by atoms with E-state index in [-0.39, 0.29) is 5.91 Å². The number of carbonyl (C=O) groups excluding carboxylic acids is 1. The molecule has 38 heavy (non-hydrogen) atoms. The Hall–Kier alpha value is -1.98. The van der Waals surface area contributed by atoms with Crippen molar-refractivity contribution in [3.8, 4) is 0 Å². The number of carbonyl (C=O) groups is 1. The summed E-state index contributed by atoms with van der Waals surface area (Å²) in [6, 6.07) is 14.1. The molecule has 0 spiro atoms. The first kappa shape index (κ1) is 30.6. The summed E-state index contributed by atoms with van der Waals surface area (Å²) in [4.78, 5) is 14.1. The van der Waals surface area contributed by atoms with Crippen LogP contribution in [0, 0.1) is 6.92 Å². The number of benzene rings is 2. The van der Waals surface area contributed by atoms with Gasteiger partial charge in [0, 0.05) is 19.5 Å². The largest absolute Gasteiger partial charge is 0.387 e. The molecule has 0 bridgehead atoms. The summed E-state index contributed by atoms with van der Waals surface area (Å²) in [5, 5.41) is 33.9. The van der Waals surface area contributed by atoms with Crippen molar-refractivity contribution < 1.29 is 29.6 Å². The Balaban J connectivity index is 1.51. The predicted molar refractivity (Wildman–Crippen MR) is 150 cm³/mol. The van der Waals surface area contributed by atoms with E-state index in [0.717, 1.165) is 40.9 Å². The minimum absolute atomic E-state index is 0.00301. The molecule has 3 rings (SSSR count). The molecule has 2 aromatic rings. The maximum Gasteiger partial charge on any atom is 0.222 e. The summed E-state index contributed by atoms with van der Waals surface area (Å²) in [6.07, 6.45) is -1.49. The normalized spacial score (nSPS) is 23.5. The summed E-state index contributed by atoms with van der Waals surface area (Å²) in [5.74, 6) is 0.00301. The van der Waals surface area contributed by atoms with E-state index in [4.69, 9.17) is 9.47 Å². The standard InChI is InChI=1S/C29H42N2O6S/c1-5-31(3)14-13-30-24(32)12-15-36-18-21-9-7-20(8-10-21)16-23-17-22(11-6-19(23)2)28-26(34)25(33)27(35)29(37-28)38-4/h6-11,17,25-29,33-35H,5,12-16,18H2,1-4H3,(H,30,32)/t25-,26-,27+,28+,29-/m1/s1. The lowest BCUT2D eigenvalue weighted by atomic mass is 9.91. The van der Waals surface area contributed by atoms with Crippen LogP contribution >= 0.6 is 11.8 Å². The van der Waals surface area contributed by atoms with E-state index in [1.807, 2.05) is 44.3 Å². The van der Waals surface area contributed by atoms with Crippen LogP contribution in [-0.2, 0) is 27.3 Å². The van der Waals surface area contributed by atoms with Gasteiger partial charge < -0.3 is 35.0 Å². The first-order valence-electron chi connectivity index (χ1n) is 13.2. The van der Waals surface area contributed by atoms with Crippen molar-refractivity contribution >= 4 is 17.7 Å². The molecule has 2 aromatic carbocycles. The maximum absolute atomic E-state index is 11.9. The lowest BCUT2D eigenvalue weighted by Gasteiger charge is -2.40. The average Bonchev–Trinajstić information content (AvgIpc) is 2.92. The number of likely N-dealkylation sites (N-methyl/N-ethyl adjacent to an activating group) is 1. The van der Waals surface area contributed by atoms with Crippen LogP contribution in [-0.4, -0.2) is 89.4 Å². The highest BCUT2D eigenvalue weighted by molar-refractivity contribution is 7.99. The molecular formula is C29H42N2O6S. The number of nitrogens with one attached hydrogen (secondary N) is 1. The van der Waals surface area contributed by atoms with Crippen LogP contribution in [0.25, 0.3) is 0 Å². The summed E-state index contributed by atoms with van der Waals surface area (Å²) >= 11 is 1.31. The fraction of sp³-hybridized carbons (Fsp3) is 0.552. The molecule has 1 saturated heterocycles. The van der Waals surface area contributed by atoms with E-state index in [1.165, 1.54) is 11.8 Å². The minimum atomic E-state index is -1.27. The number of aryl methyl sites for hydroxylation is 1. The monoisotopic (exact) mass is 546 g/mol. The Morgan fingerprint density at radius 1 is 1.08 bits per heavy atom. The number of aliphatic hydroxyl groups excluding tert-OH is 3. The first-order valence-corrected chi connectivity index (χ1v) is 14.4. The summed E-state index contributed by atoms with van der Waals surface area (Å²) in [7, 11) is 2.02. The summed E-state index contributed by atoms with van der Waals surface area (Å²) < 4.78 is 11.6. The quantitative estimate of drug-likeness (QED) is 0.284. The van der Waals surface area contributed by atoms with Gasteiger partial charge in [0.2, 0.25) is 5.91 Å². The highest BCUT2D eigenvalue weighted by Gasteiger charge is 2.44. The number of amides is 1. The van der Waals surface area contributed by atoms with Gasteiger partial charge in [-0.3, -0.25) is 4.79 Å². The molecule has 1 aliphatic heterocycles.